The zero-order chi connectivity index (χ0) is 17.9. The summed E-state index contributed by atoms with van der Waals surface area (Å²) >= 11 is 0. The second-order valence-electron chi connectivity index (χ2n) is 6.35. The molecule has 132 valence electrons. The summed E-state index contributed by atoms with van der Waals surface area (Å²) in [5, 5.41) is 8.74. The Kier molecular flexibility index (Phi) is 5.64. The number of carbonyl (C=O) groups is 2. The van der Waals surface area contributed by atoms with Gasteiger partial charge in [0.1, 0.15) is 6.04 Å². The van der Waals surface area contributed by atoms with Gasteiger partial charge in [0, 0.05) is 6.54 Å². The van der Waals surface area contributed by atoms with Crippen LogP contribution in [0.3, 0.4) is 0 Å². The number of carboxylic acid groups (broad SMARTS) is 1. The van der Waals surface area contributed by atoms with Crippen LogP contribution in [-0.4, -0.2) is 48.1 Å². The molecule has 0 aromatic heterocycles. The maximum absolute atomic E-state index is 12.4. The number of rotatable bonds is 5. The van der Waals surface area contributed by atoms with E-state index in [2.05, 4.69) is 0 Å². The van der Waals surface area contributed by atoms with Crippen molar-refractivity contribution in [1.82, 2.24) is 4.90 Å². The fraction of sp³-hybridized carbons (Fsp3) is 0.529. The summed E-state index contributed by atoms with van der Waals surface area (Å²) in [6.07, 6.45) is 2.17. The number of piperidine rings is 1. The van der Waals surface area contributed by atoms with Crippen molar-refractivity contribution in [2.45, 2.75) is 55.7 Å². The molecule has 1 aliphatic heterocycles. The maximum Gasteiger partial charge on any atom is 0.326 e. The summed E-state index contributed by atoms with van der Waals surface area (Å²) in [6.45, 7) is 3.69. The number of sulfone groups is 1. The summed E-state index contributed by atoms with van der Waals surface area (Å²) in [5.41, 5.74) is 0.678. The van der Waals surface area contributed by atoms with Crippen LogP contribution >= 0.6 is 0 Å². The van der Waals surface area contributed by atoms with Crippen LogP contribution in [0.5, 0.6) is 0 Å². The van der Waals surface area contributed by atoms with Gasteiger partial charge in [-0.05, 0) is 50.8 Å². The van der Waals surface area contributed by atoms with Gasteiger partial charge < -0.3 is 10.0 Å². The number of carboxylic acids is 1. The van der Waals surface area contributed by atoms with E-state index in [0.717, 1.165) is 12.8 Å². The van der Waals surface area contributed by atoms with Gasteiger partial charge >= 0.3 is 5.97 Å². The SMILES string of the molecule is CC(C)S(=O)(=O)c1ccc(CC(=O)N2CCCCC2C(=O)O)cc1. The molecule has 1 aromatic rings. The van der Waals surface area contributed by atoms with Crippen LogP contribution in [0.1, 0.15) is 38.7 Å². The van der Waals surface area contributed by atoms with Gasteiger partial charge in [-0.15, -0.1) is 0 Å². The minimum Gasteiger partial charge on any atom is -0.480 e. The van der Waals surface area contributed by atoms with Crippen LogP contribution in [-0.2, 0) is 25.8 Å². The summed E-state index contributed by atoms with van der Waals surface area (Å²) in [7, 11) is -3.34. The van der Waals surface area contributed by atoms with Gasteiger partial charge in [0.15, 0.2) is 9.84 Å². The van der Waals surface area contributed by atoms with Gasteiger partial charge in [-0.2, -0.15) is 0 Å². The second kappa shape index (κ2) is 7.34. The summed E-state index contributed by atoms with van der Waals surface area (Å²) in [6, 6.07) is 5.48. The summed E-state index contributed by atoms with van der Waals surface area (Å²) in [5.74, 6) is -1.21. The topological polar surface area (TPSA) is 91.8 Å². The molecule has 0 saturated carbocycles. The standard InChI is InChI=1S/C17H23NO5S/c1-12(2)24(22,23)14-8-6-13(7-9-14)11-16(19)18-10-4-3-5-15(18)17(20)21/h6-9,12,15H,3-5,10-11H2,1-2H3,(H,20,21). The molecular formula is C17H23NO5S. The molecule has 1 aromatic carbocycles. The van der Waals surface area contributed by atoms with Crippen LogP contribution in [0.15, 0.2) is 29.2 Å². The first-order chi connectivity index (χ1) is 11.2. The number of carbonyl (C=O) groups excluding carboxylic acids is 1. The molecule has 7 heteroatoms. The van der Waals surface area contributed by atoms with E-state index in [-0.39, 0.29) is 17.2 Å². The first kappa shape index (κ1) is 18.4. The molecule has 0 spiro atoms. The van der Waals surface area contributed by atoms with Crippen molar-refractivity contribution in [2.24, 2.45) is 0 Å². The predicted molar refractivity (Wildman–Crippen MR) is 89.5 cm³/mol. The number of hydrogen-bond donors (Lipinski definition) is 1. The van der Waals surface area contributed by atoms with Gasteiger partial charge in [-0.1, -0.05) is 12.1 Å². The van der Waals surface area contributed by atoms with Crippen molar-refractivity contribution in [2.75, 3.05) is 6.54 Å². The molecule has 1 N–H and O–H groups in total. The molecule has 0 radical (unpaired) electrons. The van der Waals surface area contributed by atoms with Crippen molar-refractivity contribution >= 4 is 21.7 Å². The summed E-state index contributed by atoms with van der Waals surface area (Å²) in [4.78, 5) is 25.3. The van der Waals surface area contributed by atoms with Gasteiger partial charge in [0.2, 0.25) is 5.91 Å². The van der Waals surface area contributed by atoms with Crippen molar-refractivity contribution in [3.8, 4) is 0 Å². The quantitative estimate of drug-likeness (QED) is 0.872. The molecule has 1 heterocycles. The average Bonchev–Trinajstić information content (AvgIpc) is 2.55. The van der Waals surface area contributed by atoms with Gasteiger partial charge in [0.25, 0.3) is 0 Å². The molecule has 0 bridgehead atoms. The highest BCUT2D eigenvalue weighted by atomic mass is 32.2. The predicted octanol–water partition coefficient (Wildman–Crippen LogP) is 1.88. The fourth-order valence-corrected chi connectivity index (χ4v) is 3.89. The second-order valence-corrected chi connectivity index (χ2v) is 8.86. The number of benzene rings is 1. The number of hydrogen-bond acceptors (Lipinski definition) is 4. The molecule has 6 nitrogen and oxygen atoms in total. The van der Waals surface area contributed by atoms with E-state index in [0.29, 0.717) is 18.5 Å². The molecule has 24 heavy (non-hydrogen) atoms. The lowest BCUT2D eigenvalue weighted by Gasteiger charge is -2.33. The Balaban J connectivity index is 2.11. The first-order valence-corrected chi connectivity index (χ1v) is 9.63. The van der Waals surface area contributed by atoms with Crippen molar-refractivity contribution in [3.63, 3.8) is 0 Å². The maximum atomic E-state index is 12.4. The zero-order valence-electron chi connectivity index (χ0n) is 13.9. The summed E-state index contributed by atoms with van der Waals surface area (Å²) < 4.78 is 24.2. The Labute approximate surface area is 142 Å². The number of amides is 1. The monoisotopic (exact) mass is 353 g/mol. The highest BCUT2D eigenvalue weighted by Crippen LogP contribution is 2.20. The third-order valence-corrected chi connectivity index (χ3v) is 6.51. The van der Waals surface area contributed by atoms with Crippen molar-refractivity contribution in [3.05, 3.63) is 29.8 Å². The molecule has 1 atom stereocenters. The van der Waals surface area contributed by atoms with Crippen LogP contribution in [0, 0.1) is 0 Å². The highest BCUT2D eigenvalue weighted by Gasteiger charge is 2.31. The molecule has 0 aliphatic carbocycles. The number of likely N-dealkylation sites (tertiary alicyclic amines) is 1. The molecule has 2 rings (SSSR count). The first-order valence-electron chi connectivity index (χ1n) is 8.08. The van der Waals surface area contributed by atoms with Crippen molar-refractivity contribution < 1.29 is 23.1 Å². The Morgan fingerprint density at radius 2 is 1.83 bits per heavy atom. The average molecular weight is 353 g/mol. The van der Waals surface area contributed by atoms with E-state index in [1.165, 1.54) is 17.0 Å². The Hall–Kier alpha value is -1.89. The molecule has 1 amide bonds. The zero-order valence-corrected chi connectivity index (χ0v) is 14.8. The smallest absolute Gasteiger partial charge is 0.326 e. The molecule has 1 unspecified atom stereocenters. The van der Waals surface area contributed by atoms with Crippen molar-refractivity contribution in [1.29, 1.82) is 0 Å². The van der Waals surface area contributed by atoms with E-state index < -0.39 is 27.1 Å². The highest BCUT2D eigenvalue weighted by molar-refractivity contribution is 7.92. The third kappa shape index (κ3) is 3.95. The Bertz CT molecular complexity index is 709. The normalized spacial score (nSPS) is 18.6. The lowest BCUT2D eigenvalue weighted by atomic mass is 10.0. The van der Waals surface area contributed by atoms with Crippen LogP contribution in [0.25, 0.3) is 0 Å². The van der Waals surface area contributed by atoms with Crippen LogP contribution < -0.4 is 0 Å². The Morgan fingerprint density at radius 3 is 2.38 bits per heavy atom. The largest absolute Gasteiger partial charge is 0.480 e. The Morgan fingerprint density at radius 1 is 1.21 bits per heavy atom. The minimum absolute atomic E-state index is 0.0752. The molecule has 1 saturated heterocycles. The number of nitrogens with zero attached hydrogens (tertiary/aromatic N) is 1. The van der Waals surface area contributed by atoms with E-state index in [9.17, 15) is 23.1 Å². The van der Waals surface area contributed by atoms with E-state index in [1.807, 2.05) is 0 Å². The lowest BCUT2D eigenvalue weighted by molar-refractivity contribution is -0.151. The molecule has 1 fully saturated rings. The minimum atomic E-state index is -3.34. The van der Waals surface area contributed by atoms with E-state index in [4.69, 9.17) is 0 Å². The van der Waals surface area contributed by atoms with Gasteiger partial charge in [-0.3, -0.25) is 4.79 Å². The van der Waals surface area contributed by atoms with Crippen LogP contribution in [0.2, 0.25) is 0 Å². The lowest BCUT2D eigenvalue weighted by Crippen LogP contribution is -2.48. The third-order valence-electron chi connectivity index (χ3n) is 4.34. The van der Waals surface area contributed by atoms with Gasteiger partial charge in [0.05, 0.1) is 16.6 Å². The molecular weight excluding hydrogens is 330 g/mol. The fourth-order valence-electron chi connectivity index (χ4n) is 2.83. The van der Waals surface area contributed by atoms with E-state index in [1.54, 1.807) is 26.0 Å². The van der Waals surface area contributed by atoms with E-state index >= 15 is 0 Å². The number of aliphatic carboxylic acids is 1. The molecule has 1 aliphatic rings. The van der Waals surface area contributed by atoms with Crippen LogP contribution in [0.4, 0.5) is 0 Å². The van der Waals surface area contributed by atoms with Gasteiger partial charge in [-0.25, -0.2) is 13.2 Å².